The summed E-state index contributed by atoms with van der Waals surface area (Å²) in [6.45, 7) is 1.49. The van der Waals surface area contributed by atoms with Crippen LogP contribution in [-0.4, -0.2) is 76.7 Å². The summed E-state index contributed by atoms with van der Waals surface area (Å²) in [7, 11) is 0. The summed E-state index contributed by atoms with van der Waals surface area (Å²) in [5.41, 5.74) is 18.1. The average Bonchev–Trinajstić information content (AvgIpc) is 2.93. The second kappa shape index (κ2) is 16.6. The van der Waals surface area contributed by atoms with Crippen LogP contribution in [0, 0.1) is 0 Å². The second-order valence-electron chi connectivity index (χ2n) is 9.62. The lowest BCUT2D eigenvalue weighted by molar-refractivity contribution is -0.142. The van der Waals surface area contributed by atoms with E-state index in [1.54, 1.807) is 30.3 Å². The van der Waals surface area contributed by atoms with Crippen molar-refractivity contribution < 1.29 is 29.4 Å². The van der Waals surface area contributed by atoms with Crippen LogP contribution >= 0.6 is 0 Å². The van der Waals surface area contributed by atoms with Crippen molar-refractivity contribution in [1.29, 1.82) is 0 Å². The van der Waals surface area contributed by atoms with Crippen LogP contribution < -0.4 is 33.2 Å². The third-order valence-corrected chi connectivity index (χ3v) is 6.17. The van der Waals surface area contributed by atoms with Crippen molar-refractivity contribution in [3.63, 3.8) is 0 Å². The number of amides is 3. The summed E-state index contributed by atoms with van der Waals surface area (Å²) >= 11 is 0. The van der Waals surface area contributed by atoms with Crippen molar-refractivity contribution >= 4 is 29.7 Å². The number of carbonyl (C=O) groups is 4. The average molecular weight is 570 g/mol. The molecule has 13 nitrogen and oxygen atoms in total. The highest BCUT2D eigenvalue weighted by atomic mass is 16.4. The molecule has 0 saturated carbocycles. The molecule has 2 aromatic carbocycles. The zero-order valence-electron chi connectivity index (χ0n) is 22.9. The van der Waals surface area contributed by atoms with Crippen molar-refractivity contribution in [2.24, 2.45) is 22.2 Å². The lowest BCUT2D eigenvalue weighted by Crippen LogP contribution is -2.60. The van der Waals surface area contributed by atoms with Gasteiger partial charge in [-0.1, -0.05) is 60.7 Å². The molecule has 0 aliphatic heterocycles. The first-order chi connectivity index (χ1) is 19.5. The van der Waals surface area contributed by atoms with Crippen LogP contribution in [-0.2, 0) is 32.0 Å². The lowest BCUT2D eigenvalue weighted by atomic mass is 10.0. The first-order valence-electron chi connectivity index (χ1n) is 13.2. The molecule has 13 heteroatoms. The highest BCUT2D eigenvalue weighted by Crippen LogP contribution is 2.08. The molecule has 222 valence electrons. The van der Waals surface area contributed by atoms with Crippen molar-refractivity contribution in [2.45, 2.75) is 62.9 Å². The quantitative estimate of drug-likeness (QED) is 0.0685. The molecular formula is C28H39N7O6. The number of nitrogens with one attached hydrogen (secondary N) is 3. The normalized spacial score (nSPS) is 14.4. The Kier molecular flexibility index (Phi) is 13.2. The fourth-order valence-electron chi connectivity index (χ4n) is 3.98. The van der Waals surface area contributed by atoms with Gasteiger partial charge in [0.25, 0.3) is 0 Å². The predicted octanol–water partition coefficient (Wildman–Crippen LogP) is -1.23. The maximum absolute atomic E-state index is 13.2. The van der Waals surface area contributed by atoms with Crippen LogP contribution in [0.3, 0.4) is 0 Å². The third-order valence-electron chi connectivity index (χ3n) is 6.17. The number of hydrogen-bond donors (Lipinski definition) is 8. The van der Waals surface area contributed by atoms with Gasteiger partial charge in [0.1, 0.15) is 18.1 Å². The van der Waals surface area contributed by atoms with E-state index in [0.29, 0.717) is 5.56 Å². The Morgan fingerprint density at radius 1 is 0.805 bits per heavy atom. The Morgan fingerprint density at radius 2 is 1.34 bits per heavy atom. The number of benzene rings is 2. The second-order valence-corrected chi connectivity index (χ2v) is 9.62. The molecule has 0 fully saturated rings. The van der Waals surface area contributed by atoms with E-state index in [4.69, 9.17) is 17.2 Å². The van der Waals surface area contributed by atoms with Gasteiger partial charge >= 0.3 is 5.97 Å². The fraction of sp³-hybridized carbons (Fsp3) is 0.393. The van der Waals surface area contributed by atoms with Crippen LogP contribution in [0.1, 0.15) is 30.9 Å². The van der Waals surface area contributed by atoms with Crippen LogP contribution in [0.5, 0.6) is 0 Å². The van der Waals surface area contributed by atoms with E-state index in [1.165, 1.54) is 6.92 Å². The number of guanidine groups is 1. The number of nitrogens with zero attached hydrogens (tertiary/aromatic N) is 1. The molecule has 2 rings (SSSR count). The predicted molar refractivity (Wildman–Crippen MR) is 153 cm³/mol. The minimum atomic E-state index is -1.43. The Morgan fingerprint density at radius 3 is 1.85 bits per heavy atom. The minimum Gasteiger partial charge on any atom is -0.480 e. The summed E-state index contributed by atoms with van der Waals surface area (Å²) in [5, 5.41) is 27.4. The maximum atomic E-state index is 13.2. The number of aliphatic hydroxyl groups is 1. The van der Waals surface area contributed by atoms with Gasteiger partial charge in [-0.3, -0.25) is 19.4 Å². The third kappa shape index (κ3) is 11.6. The molecule has 3 amide bonds. The summed E-state index contributed by atoms with van der Waals surface area (Å²) in [6, 6.07) is 12.9. The van der Waals surface area contributed by atoms with E-state index >= 15 is 0 Å². The first kappa shape index (κ1) is 32.7. The number of aliphatic imine (C=N–C) groups is 1. The molecule has 0 aromatic heterocycles. The monoisotopic (exact) mass is 569 g/mol. The summed E-state index contributed by atoms with van der Waals surface area (Å²) in [5.74, 6) is -3.66. The van der Waals surface area contributed by atoms with Gasteiger partial charge in [-0.05, 0) is 37.3 Å². The van der Waals surface area contributed by atoms with E-state index < -0.39 is 54.0 Å². The van der Waals surface area contributed by atoms with E-state index in [9.17, 15) is 29.4 Å². The van der Waals surface area contributed by atoms with E-state index in [0.717, 1.165) is 5.56 Å². The molecule has 0 radical (unpaired) electrons. The number of carbonyl (C=O) groups excluding carboxylic acids is 3. The Bertz CT molecular complexity index is 1170. The molecule has 5 unspecified atom stereocenters. The van der Waals surface area contributed by atoms with Gasteiger partial charge in [-0.25, -0.2) is 4.79 Å². The molecule has 0 saturated heterocycles. The molecule has 5 atom stereocenters. The molecule has 11 N–H and O–H groups in total. The van der Waals surface area contributed by atoms with E-state index in [-0.39, 0.29) is 38.2 Å². The van der Waals surface area contributed by atoms with Crippen LogP contribution in [0.15, 0.2) is 65.7 Å². The van der Waals surface area contributed by atoms with E-state index in [2.05, 4.69) is 20.9 Å². The Balaban J connectivity index is 2.15. The van der Waals surface area contributed by atoms with Crippen molar-refractivity contribution in [3.05, 3.63) is 71.8 Å². The van der Waals surface area contributed by atoms with Gasteiger partial charge in [0, 0.05) is 13.0 Å². The number of nitrogens with two attached hydrogens (primary N) is 3. The fourth-order valence-corrected chi connectivity index (χ4v) is 3.98. The first-order valence-corrected chi connectivity index (χ1v) is 13.2. The standard InChI is InChI=1S/C28H39N7O6/c1-17(36)23(35-24(37)20(29)15-18-9-4-2-5-10-18)26(39)34-22(16-19-11-6-3-7-12-19)25(38)33-21(27(40)41)13-8-14-32-28(30)31/h2-7,9-12,17,20-23,36H,8,13-16,29H2,1H3,(H,33,38)(H,34,39)(H,35,37)(H,40,41)(H4,30,31,32). The van der Waals surface area contributed by atoms with Gasteiger partial charge in [0.15, 0.2) is 5.96 Å². The van der Waals surface area contributed by atoms with E-state index in [1.807, 2.05) is 30.3 Å². The molecule has 0 heterocycles. The van der Waals surface area contributed by atoms with Gasteiger partial charge < -0.3 is 43.4 Å². The number of carboxylic acid groups (broad SMARTS) is 1. The maximum Gasteiger partial charge on any atom is 0.326 e. The molecule has 0 aliphatic carbocycles. The van der Waals surface area contributed by atoms with Crippen molar-refractivity contribution in [2.75, 3.05) is 6.54 Å². The summed E-state index contributed by atoms with van der Waals surface area (Å²) in [4.78, 5) is 54.8. The van der Waals surface area contributed by atoms with Crippen LogP contribution in [0.25, 0.3) is 0 Å². The summed E-state index contributed by atoms with van der Waals surface area (Å²) < 4.78 is 0. The van der Waals surface area contributed by atoms with Crippen molar-refractivity contribution in [1.82, 2.24) is 16.0 Å². The summed E-state index contributed by atoms with van der Waals surface area (Å²) in [6.07, 6.45) is -0.780. The SMILES string of the molecule is CC(O)C(NC(=O)C(N)Cc1ccccc1)C(=O)NC(Cc1ccccc1)C(=O)NC(CCCN=C(N)N)C(=O)O. The smallest absolute Gasteiger partial charge is 0.326 e. The van der Waals surface area contributed by atoms with Crippen LogP contribution in [0.4, 0.5) is 0 Å². The molecule has 0 bridgehead atoms. The highest BCUT2D eigenvalue weighted by Gasteiger charge is 2.32. The van der Waals surface area contributed by atoms with Gasteiger partial charge in [0.05, 0.1) is 12.1 Å². The highest BCUT2D eigenvalue weighted by molar-refractivity contribution is 5.94. The number of aliphatic carboxylic acids is 1. The zero-order valence-corrected chi connectivity index (χ0v) is 22.9. The molecule has 0 aliphatic rings. The number of hydrogen-bond acceptors (Lipinski definition) is 7. The molecule has 0 spiro atoms. The topological polar surface area (TPSA) is 235 Å². The number of aliphatic hydroxyl groups excluding tert-OH is 1. The van der Waals surface area contributed by atoms with Gasteiger partial charge in [-0.2, -0.15) is 0 Å². The number of rotatable bonds is 16. The Labute approximate surface area is 238 Å². The zero-order chi connectivity index (χ0) is 30.4. The minimum absolute atomic E-state index is 0.0206. The van der Waals surface area contributed by atoms with Gasteiger partial charge in [0.2, 0.25) is 17.7 Å². The number of carboxylic acids is 1. The Hall–Kier alpha value is -4.49. The molecular weight excluding hydrogens is 530 g/mol. The van der Waals surface area contributed by atoms with Gasteiger partial charge in [-0.15, -0.1) is 0 Å². The lowest BCUT2D eigenvalue weighted by Gasteiger charge is -2.26. The molecule has 2 aromatic rings. The largest absolute Gasteiger partial charge is 0.480 e. The van der Waals surface area contributed by atoms with Crippen LogP contribution in [0.2, 0.25) is 0 Å². The van der Waals surface area contributed by atoms with Crippen molar-refractivity contribution in [3.8, 4) is 0 Å². The molecule has 41 heavy (non-hydrogen) atoms.